The Morgan fingerprint density at radius 3 is 2.60 bits per heavy atom. The molecule has 2 N–H and O–H groups in total. The molecule has 0 aliphatic rings. The Bertz CT molecular complexity index is 397. The van der Waals surface area contributed by atoms with Crippen LogP contribution in [0, 0.1) is 10.1 Å². The summed E-state index contributed by atoms with van der Waals surface area (Å²) in [4.78, 5) is 12.3. The number of aromatic nitrogens is 1. The zero-order chi connectivity index (χ0) is 11.6. The van der Waals surface area contributed by atoms with Crippen LogP contribution in [0.1, 0.15) is 17.6 Å². The van der Waals surface area contributed by atoms with Gasteiger partial charge in [-0.25, -0.2) is 8.78 Å². The molecule has 1 rings (SSSR count). The summed E-state index contributed by atoms with van der Waals surface area (Å²) in [6.45, 7) is -0.780. The number of nitrogens with zero attached hydrogens (tertiary/aromatic N) is 2. The normalized spacial score (nSPS) is 10.7. The van der Waals surface area contributed by atoms with Gasteiger partial charge in [-0.05, 0) is 9.91 Å². The third-order valence-corrected chi connectivity index (χ3v) is 1.72. The zero-order valence-electron chi connectivity index (χ0n) is 7.22. The van der Waals surface area contributed by atoms with Gasteiger partial charge in [0.2, 0.25) is 5.75 Å². The summed E-state index contributed by atoms with van der Waals surface area (Å²) in [5.74, 6) is -2.26. The van der Waals surface area contributed by atoms with Crippen molar-refractivity contribution in [3.05, 3.63) is 27.4 Å². The maximum absolute atomic E-state index is 12.4. The lowest BCUT2D eigenvalue weighted by Gasteiger charge is -2.06. The number of hydrogen-bond acceptors (Lipinski definition) is 5. The van der Waals surface area contributed by atoms with Crippen molar-refractivity contribution >= 4 is 5.82 Å². The summed E-state index contributed by atoms with van der Waals surface area (Å²) in [7, 11) is 0. The van der Waals surface area contributed by atoms with Crippen LogP contribution in [-0.2, 0) is 6.61 Å². The first-order valence-electron chi connectivity index (χ1n) is 3.73. The molecule has 0 bridgehead atoms. The van der Waals surface area contributed by atoms with E-state index in [4.69, 9.17) is 10.2 Å². The molecule has 0 unspecified atom stereocenters. The second-order valence-corrected chi connectivity index (χ2v) is 2.59. The van der Waals surface area contributed by atoms with Gasteiger partial charge in [-0.2, -0.15) is 0 Å². The van der Waals surface area contributed by atoms with Crippen LogP contribution >= 0.6 is 0 Å². The van der Waals surface area contributed by atoms with Gasteiger partial charge in [0, 0.05) is 5.56 Å². The van der Waals surface area contributed by atoms with E-state index in [0.29, 0.717) is 0 Å². The highest BCUT2D eigenvalue weighted by molar-refractivity contribution is 5.49. The first-order chi connectivity index (χ1) is 6.99. The molecule has 1 aromatic rings. The Hall–Kier alpha value is -1.83. The minimum atomic E-state index is -3.12. The number of halogens is 2. The van der Waals surface area contributed by atoms with Crippen LogP contribution in [0.2, 0.25) is 0 Å². The lowest BCUT2D eigenvalue weighted by molar-refractivity contribution is -0.390. The Balaban J connectivity index is 3.42. The predicted octanol–water partition coefficient (Wildman–Crippen LogP) is 1.13. The van der Waals surface area contributed by atoms with E-state index in [9.17, 15) is 18.9 Å². The fourth-order valence-corrected chi connectivity index (χ4v) is 1.05. The van der Waals surface area contributed by atoms with E-state index in [1.54, 1.807) is 0 Å². The number of aliphatic hydroxyl groups excluding tert-OH is 1. The lowest BCUT2D eigenvalue weighted by Crippen LogP contribution is -2.01. The van der Waals surface area contributed by atoms with E-state index in [0.717, 1.165) is 6.20 Å². The molecule has 0 aliphatic carbocycles. The van der Waals surface area contributed by atoms with E-state index >= 15 is 0 Å². The van der Waals surface area contributed by atoms with Gasteiger partial charge in [0.15, 0.2) is 0 Å². The molecule has 0 fully saturated rings. The maximum Gasteiger partial charge on any atom is 0.406 e. The zero-order valence-corrected chi connectivity index (χ0v) is 7.22. The highest BCUT2D eigenvalue weighted by atomic mass is 19.3. The number of rotatable bonds is 3. The van der Waals surface area contributed by atoms with Crippen LogP contribution in [0.25, 0.3) is 0 Å². The largest absolute Gasteiger partial charge is 0.501 e. The van der Waals surface area contributed by atoms with Gasteiger partial charge in [-0.3, -0.25) is 0 Å². The van der Waals surface area contributed by atoms with E-state index in [1.165, 1.54) is 0 Å². The number of alkyl halides is 2. The summed E-state index contributed by atoms with van der Waals surface area (Å²) in [5.41, 5.74) is -1.30. The quantitative estimate of drug-likeness (QED) is 0.587. The van der Waals surface area contributed by atoms with Crippen LogP contribution in [0.5, 0.6) is 5.75 Å². The Morgan fingerprint density at radius 1 is 1.60 bits per heavy atom. The van der Waals surface area contributed by atoms with Crippen LogP contribution < -0.4 is 0 Å². The number of hydrogen-bond donors (Lipinski definition) is 2. The fraction of sp³-hybridized carbons (Fsp3) is 0.286. The molecule has 0 atom stereocenters. The van der Waals surface area contributed by atoms with E-state index in [1.807, 2.05) is 0 Å². The van der Waals surface area contributed by atoms with Crippen LogP contribution in [-0.4, -0.2) is 20.1 Å². The third-order valence-electron chi connectivity index (χ3n) is 1.72. The molecule has 1 heterocycles. The van der Waals surface area contributed by atoms with Crippen LogP contribution in [0.4, 0.5) is 14.6 Å². The van der Waals surface area contributed by atoms with Gasteiger partial charge in [-0.1, -0.05) is 0 Å². The number of aromatic hydroxyl groups is 1. The van der Waals surface area contributed by atoms with Crippen LogP contribution in [0.15, 0.2) is 6.20 Å². The minimum absolute atomic E-state index is 0.340. The summed E-state index contributed by atoms with van der Waals surface area (Å²) in [6, 6.07) is 0. The standard InChI is InChI=1S/C7H6F2N2O4/c8-6(9)4-3(2-12)1-10-7(5(4)13)11(14)15/h1,6,12-13H,2H2. The number of nitro groups is 1. The highest BCUT2D eigenvalue weighted by Crippen LogP contribution is 2.36. The molecule has 0 aliphatic heterocycles. The summed E-state index contributed by atoms with van der Waals surface area (Å²) >= 11 is 0. The van der Waals surface area contributed by atoms with Crippen molar-refractivity contribution in [3.8, 4) is 5.75 Å². The molecular weight excluding hydrogens is 214 g/mol. The van der Waals surface area contributed by atoms with Crippen molar-refractivity contribution in [2.75, 3.05) is 0 Å². The SMILES string of the molecule is O=[N+]([O-])c1ncc(CO)c(C(F)F)c1O. The Morgan fingerprint density at radius 2 is 2.20 bits per heavy atom. The number of pyridine rings is 1. The second kappa shape index (κ2) is 4.13. The summed E-state index contributed by atoms with van der Waals surface area (Å²) in [5, 5.41) is 28.1. The molecule has 82 valence electrons. The predicted molar refractivity (Wildman–Crippen MR) is 43.4 cm³/mol. The molecule has 0 saturated heterocycles. The first kappa shape index (κ1) is 11.2. The lowest BCUT2D eigenvalue weighted by atomic mass is 10.1. The van der Waals surface area contributed by atoms with Gasteiger partial charge >= 0.3 is 5.82 Å². The maximum atomic E-state index is 12.4. The molecule has 8 heteroatoms. The van der Waals surface area contributed by atoms with E-state index < -0.39 is 35.1 Å². The van der Waals surface area contributed by atoms with Gasteiger partial charge in [0.05, 0.1) is 12.2 Å². The third kappa shape index (κ3) is 1.99. The molecule has 15 heavy (non-hydrogen) atoms. The average molecular weight is 220 g/mol. The van der Waals surface area contributed by atoms with Gasteiger partial charge < -0.3 is 20.3 Å². The molecule has 6 nitrogen and oxygen atoms in total. The van der Waals surface area contributed by atoms with Crippen molar-refractivity contribution in [2.45, 2.75) is 13.0 Å². The molecule has 0 saturated carbocycles. The van der Waals surface area contributed by atoms with Crippen molar-refractivity contribution in [1.82, 2.24) is 4.98 Å². The van der Waals surface area contributed by atoms with Crippen molar-refractivity contribution in [3.63, 3.8) is 0 Å². The molecule has 0 spiro atoms. The topological polar surface area (TPSA) is 96.5 Å². The average Bonchev–Trinajstić information content (AvgIpc) is 2.15. The van der Waals surface area contributed by atoms with Crippen molar-refractivity contribution < 1.29 is 23.9 Å². The monoisotopic (exact) mass is 220 g/mol. The summed E-state index contributed by atoms with van der Waals surface area (Å²) < 4.78 is 24.8. The summed E-state index contributed by atoms with van der Waals surface area (Å²) in [6.07, 6.45) is -2.38. The minimum Gasteiger partial charge on any atom is -0.501 e. The molecule has 0 radical (unpaired) electrons. The van der Waals surface area contributed by atoms with E-state index in [-0.39, 0.29) is 5.56 Å². The number of aliphatic hydroxyl groups is 1. The smallest absolute Gasteiger partial charge is 0.406 e. The molecule has 0 aromatic carbocycles. The van der Waals surface area contributed by atoms with Crippen molar-refractivity contribution in [1.29, 1.82) is 0 Å². The van der Waals surface area contributed by atoms with Gasteiger partial charge in [-0.15, -0.1) is 0 Å². The first-order valence-corrected chi connectivity index (χ1v) is 3.73. The van der Waals surface area contributed by atoms with Gasteiger partial charge in [0.25, 0.3) is 6.43 Å². The second-order valence-electron chi connectivity index (χ2n) is 2.59. The van der Waals surface area contributed by atoms with Crippen molar-refractivity contribution in [2.24, 2.45) is 0 Å². The fourth-order valence-electron chi connectivity index (χ4n) is 1.05. The van der Waals surface area contributed by atoms with Gasteiger partial charge in [0.1, 0.15) is 6.20 Å². The van der Waals surface area contributed by atoms with E-state index in [2.05, 4.69) is 4.98 Å². The Kier molecular flexibility index (Phi) is 3.10. The Labute approximate surface area is 82.0 Å². The van der Waals surface area contributed by atoms with Crippen LogP contribution in [0.3, 0.4) is 0 Å². The highest BCUT2D eigenvalue weighted by Gasteiger charge is 2.27. The molecule has 1 aromatic heterocycles. The molecular formula is C7H6F2N2O4. The molecule has 0 amide bonds.